The molecule has 0 spiro atoms. The van der Waals surface area contributed by atoms with Crippen LogP contribution in [0.5, 0.6) is 0 Å². The van der Waals surface area contributed by atoms with Crippen LogP contribution in [0.15, 0.2) is 57.4 Å². The summed E-state index contributed by atoms with van der Waals surface area (Å²) in [6.45, 7) is 0. The lowest BCUT2D eigenvalue weighted by atomic mass is 10.2. The lowest BCUT2D eigenvalue weighted by Crippen LogP contribution is -2.10. The Morgan fingerprint density at radius 3 is 2.60 bits per heavy atom. The smallest absolute Gasteiger partial charge is 0.291 e. The van der Waals surface area contributed by atoms with Crippen LogP contribution >= 0.6 is 27.5 Å². The number of furan rings is 1. The Kier molecular flexibility index (Phi) is 3.51. The van der Waals surface area contributed by atoms with E-state index in [-0.39, 0.29) is 11.7 Å². The minimum absolute atomic E-state index is 0.266. The van der Waals surface area contributed by atoms with E-state index in [0.29, 0.717) is 16.3 Å². The number of hydrogen-bond acceptors (Lipinski definition) is 2. The number of halogens is 2. The lowest BCUT2D eigenvalue weighted by Gasteiger charge is -2.02. The minimum atomic E-state index is -0.296. The van der Waals surface area contributed by atoms with Gasteiger partial charge in [-0.05, 0) is 42.5 Å². The molecule has 3 nitrogen and oxygen atoms in total. The number of carbonyl (C=O) groups is 1. The Labute approximate surface area is 128 Å². The van der Waals surface area contributed by atoms with E-state index >= 15 is 0 Å². The molecule has 0 aliphatic carbocycles. The summed E-state index contributed by atoms with van der Waals surface area (Å²) in [7, 11) is 0. The first-order valence-electron chi connectivity index (χ1n) is 5.88. The molecule has 0 atom stereocenters. The fourth-order valence-corrected chi connectivity index (χ4v) is 2.45. The summed E-state index contributed by atoms with van der Waals surface area (Å²) in [6, 6.07) is 14.2. The van der Waals surface area contributed by atoms with Gasteiger partial charge in [-0.2, -0.15) is 0 Å². The van der Waals surface area contributed by atoms with Crippen LogP contribution in [-0.2, 0) is 0 Å². The Hall–Kier alpha value is -1.78. The van der Waals surface area contributed by atoms with Crippen molar-refractivity contribution in [2.24, 2.45) is 0 Å². The Morgan fingerprint density at radius 2 is 1.90 bits per heavy atom. The molecule has 1 N–H and O–H groups in total. The molecule has 0 saturated carbocycles. The number of nitrogens with one attached hydrogen (secondary N) is 1. The average Bonchev–Trinajstić information content (AvgIpc) is 2.87. The van der Waals surface area contributed by atoms with Crippen molar-refractivity contribution in [3.05, 3.63) is 63.8 Å². The molecule has 100 valence electrons. The van der Waals surface area contributed by atoms with Gasteiger partial charge in [0.25, 0.3) is 5.91 Å². The summed E-state index contributed by atoms with van der Waals surface area (Å²) in [5, 5.41) is 4.25. The fraction of sp³-hybridized carbons (Fsp3) is 0. The van der Waals surface area contributed by atoms with Crippen LogP contribution in [-0.4, -0.2) is 5.91 Å². The molecule has 3 rings (SSSR count). The van der Waals surface area contributed by atoms with Gasteiger partial charge in [-0.15, -0.1) is 0 Å². The maximum atomic E-state index is 12.1. The Morgan fingerprint density at radius 1 is 1.15 bits per heavy atom. The first kappa shape index (κ1) is 13.2. The molecule has 0 radical (unpaired) electrons. The molecule has 0 aliphatic rings. The van der Waals surface area contributed by atoms with E-state index < -0.39 is 0 Å². The van der Waals surface area contributed by atoms with Gasteiger partial charge in [-0.1, -0.05) is 33.6 Å². The molecule has 0 bridgehead atoms. The molecular formula is C15H9BrClNO2. The third-order valence-electron chi connectivity index (χ3n) is 2.83. The van der Waals surface area contributed by atoms with Crippen molar-refractivity contribution < 1.29 is 9.21 Å². The normalized spacial score (nSPS) is 10.7. The molecular weight excluding hydrogens is 342 g/mol. The summed E-state index contributed by atoms with van der Waals surface area (Å²) >= 11 is 9.23. The van der Waals surface area contributed by atoms with Crippen LogP contribution in [0.3, 0.4) is 0 Å². The minimum Gasteiger partial charge on any atom is -0.451 e. The summed E-state index contributed by atoms with van der Waals surface area (Å²) < 4.78 is 6.43. The third-order valence-corrected chi connectivity index (χ3v) is 3.78. The molecule has 0 saturated heterocycles. The molecule has 1 heterocycles. The molecule has 0 fully saturated rings. The number of anilines is 1. The lowest BCUT2D eigenvalue weighted by molar-refractivity contribution is 0.0998. The fourth-order valence-electron chi connectivity index (χ4n) is 1.86. The zero-order chi connectivity index (χ0) is 14.1. The standard InChI is InChI=1S/C15H9BrClNO2/c16-12-2-1-3-13-11(12)8-14(20-13)15(19)18-10-6-4-9(17)5-7-10/h1-8H,(H,18,19). The van der Waals surface area contributed by atoms with E-state index in [9.17, 15) is 4.79 Å². The van der Waals surface area contributed by atoms with Gasteiger partial charge in [0.05, 0.1) is 0 Å². The highest BCUT2D eigenvalue weighted by Crippen LogP contribution is 2.27. The van der Waals surface area contributed by atoms with Gasteiger partial charge in [-0.25, -0.2) is 0 Å². The van der Waals surface area contributed by atoms with Crippen molar-refractivity contribution in [2.75, 3.05) is 5.32 Å². The summed E-state index contributed by atoms with van der Waals surface area (Å²) in [5.41, 5.74) is 1.33. The number of rotatable bonds is 2. The van der Waals surface area contributed by atoms with Gasteiger partial charge in [0.1, 0.15) is 5.58 Å². The second-order valence-corrected chi connectivity index (χ2v) is 5.51. The van der Waals surface area contributed by atoms with E-state index in [0.717, 1.165) is 9.86 Å². The highest BCUT2D eigenvalue weighted by atomic mass is 79.9. The van der Waals surface area contributed by atoms with E-state index in [1.54, 1.807) is 30.3 Å². The number of carbonyl (C=O) groups excluding carboxylic acids is 1. The Bertz CT molecular complexity index is 780. The Balaban J connectivity index is 1.89. The molecule has 2 aromatic carbocycles. The first-order valence-corrected chi connectivity index (χ1v) is 7.05. The van der Waals surface area contributed by atoms with Crippen molar-refractivity contribution in [3.63, 3.8) is 0 Å². The first-order chi connectivity index (χ1) is 9.63. The van der Waals surface area contributed by atoms with Crippen molar-refractivity contribution in [1.82, 2.24) is 0 Å². The summed E-state index contributed by atoms with van der Waals surface area (Å²) in [6.07, 6.45) is 0. The van der Waals surface area contributed by atoms with Gasteiger partial charge in [0, 0.05) is 20.6 Å². The van der Waals surface area contributed by atoms with E-state index in [1.165, 1.54) is 0 Å². The maximum absolute atomic E-state index is 12.1. The van der Waals surface area contributed by atoms with Crippen molar-refractivity contribution >= 4 is 50.1 Å². The molecule has 0 aliphatic heterocycles. The molecule has 3 aromatic rings. The van der Waals surface area contributed by atoms with Crippen molar-refractivity contribution in [3.8, 4) is 0 Å². The molecule has 0 unspecified atom stereocenters. The van der Waals surface area contributed by atoms with Crippen LogP contribution in [0, 0.1) is 0 Å². The molecule has 5 heteroatoms. The quantitative estimate of drug-likeness (QED) is 0.698. The third kappa shape index (κ3) is 2.57. The number of benzene rings is 2. The molecule has 1 aromatic heterocycles. The van der Waals surface area contributed by atoms with Crippen LogP contribution in [0.1, 0.15) is 10.6 Å². The summed E-state index contributed by atoms with van der Waals surface area (Å²) in [4.78, 5) is 12.1. The zero-order valence-electron chi connectivity index (χ0n) is 10.2. The van der Waals surface area contributed by atoms with Gasteiger partial charge >= 0.3 is 0 Å². The van der Waals surface area contributed by atoms with Gasteiger partial charge < -0.3 is 9.73 Å². The van der Waals surface area contributed by atoms with Gasteiger partial charge in [0.15, 0.2) is 5.76 Å². The van der Waals surface area contributed by atoms with Crippen molar-refractivity contribution in [1.29, 1.82) is 0 Å². The van der Waals surface area contributed by atoms with E-state index in [1.807, 2.05) is 18.2 Å². The monoisotopic (exact) mass is 349 g/mol. The number of hydrogen-bond donors (Lipinski definition) is 1. The number of amides is 1. The van der Waals surface area contributed by atoms with Crippen molar-refractivity contribution in [2.45, 2.75) is 0 Å². The van der Waals surface area contributed by atoms with E-state index in [2.05, 4.69) is 21.2 Å². The van der Waals surface area contributed by atoms with Crippen LogP contribution in [0.4, 0.5) is 5.69 Å². The van der Waals surface area contributed by atoms with Crippen LogP contribution in [0.2, 0.25) is 5.02 Å². The topological polar surface area (TPSA) is 42.2 Å². The SMILES string of the molecule is O=C(Nc1ccc(Cl)cc1)c1cc2c(Br)cccc2o1. The van der Waals surface area contributed by atoms with Crippen LogP contribution in [0.25, 0.3) is 11.0 Å². The second kappa shape index (κ2) is 5.31. The largest absolute Gasteiger partial charge is 0.451 e. The van der Waals surface area contributed by atoms with Crippen LogP contribution < -0.4 is 5.32 Å². The molecule has 1 amide bonds. The predicted octanol–water partition coefficient (Wildman–Crippen LogP) is 5.10. The maximum Gasteiger partial charge on any atom is 0.291 e. The average molecular weight is 351 g/mol. The van der Waals surface area contributed by atoms with Gasteiger partial charge in [-0.3, -0.25) is 4.79 Å². The van der Waals surface area contributed by atoms with Gasteiger partial charge in [0.2, 0.25) is 0 Å². The molecule has 20 heavy (non-hydrogen) atoms. The summed E-state index contributed by atoms with van der Waals surface area (Å²) in [5.74, 6) is -0.0303. The number of fused-ring (bicyclic) bond motifs is 1. The highest BCUT2D eigenvalue weighted by molar-refractivity contribution is 9.10. The second-order valence-electron chi connectivity index (χ2n) is 4.22. The highest BCUT2D eigenvalue weighted by Gasteiger charge is 2.13. The predicted molar refractivity (Wildman–Crippen MR) is 83.3 cm³/mol. The van der Waals surface area contributed by atoms with E-state index in [4.69, 9.17) is 16.0 Å². The zero-order valence-corrected chi connectivity index (χ0v) is 12.5.